The van der Waals surface area contributed by atoms with Crippen LogP contribution in [0.5, 0.6) is 5.75 Å². The van der Waals surface area contributed by atoms with Gasteiger partial charge in [0.05, 0.1) is 19.3 Å². The third-order valence-electron chi connectivity index (χ3n) is 3.47. The zero-order chi connectivity index (χ0) is 14.5. The first-order valence-corrected chi connectivity index (χ1v) is 7.05. The second-order valence-electron chi connectivity index (χ2n) is 4.97. The molecule has 0 saturated carbocycles. The van der Waals surface area contributed by atoms with Crippen molar-refractivity contribution in [2.24, 2.45) is 5.10 Å². The molecule has 0 amide bonds. The number of phenols is 1. The average Bonchev–Trinajstić information content (AvgIpc) is 2.54. The van der Waals surface area contributed by atoms with E-state index < -0.39 is 0 Å². The van der Waals surface area contributed by atoms with Gasteiger partial charge in [-0.2, -0.15) is 5.10 Å². The monoisotopic (exact) mass is 282 g/mol. The topological polar surface area (TPSA) is 52.0 Å². The fraction of sp³-hybridized carbons (Fsp3) is 0.250. The molecule has 0 radical (unpaired) electrons. The first-order valence-electron chi connectivity index (χ1n) is 7.05. The summed E-state index contributed by atoms with van der Waals surface area (Å²) in [6.45, 7) is 3.56. The van der Waals surface area contributed by atoms with Gasteiger partial charge in [-0.3, -0.25) is 5.01 Å². The Labute approximate surface area is 124 Å². The van der Waals surface area contributed by atoms with Crippen molar-refractivity contribution in [2.75, 3.05) is 31.1 Å². The van der Waals surface area contributed by atoms with Gasteiger partial charge in [-0.15, -0.1) is 0 Å². The number of aromatic hydroxyl groups is 1. The largest absolute Gasteiger partial charge is 0.508 e. The summed E-state index contributed by atoms with van der Waals surface area (Å²) in [6.07, 6.45) is 3.61. The first-order chi connectivity index (χ1) is 10.3. The maximum Gasteiger partial charge on any atom is 0.128 e. The van der Waals surface area contributed by atoms with Crippen molar-refractivity contribution in [3.05, 3.63) is 54.2 Å². The van der Waals surface area contributed by atoms with E-state index in [0.29, 0.717) is 0 Å². The van der Waals surface area contributed by atoms with Crippen molar-refractivity contribution in [3.63, 3.8) is 0 Å². The highest BCUT2D eigenvalue weighted by Gasteiger charge is 2.15. The summed E-state index contributed by atoms with van der Waals surface area (Å²) < 4.78 is 0. The molecule has 0 unspecified atom stereocenters. The Morgan fingerprint density at radius 1 is 1.05 bits per heavy atom. The number of hydrogen-bond donors (Lipinski definition) is 1. The predicted octanol–water partition coefficient (Wildman–Crippen LogP) is 1.94. The summed E-state index contributed by atoms with van der Waals surface area (Å²) >= 11 is 0. The highest BCUT2D eigenvalue weighted by Crippen LogP contribution is 2.13. The maximum atomic E-state index is 9.42. The van der Waals surface area contributed by atoms with Crippen molar-refractivity contribution < 1.29 is 5.11 Å². The number of anilines is 1. The third kappa shape index (κ3) is 3.51. The van der Waals surface area contributed by atoms with Crippen LogP contribution in [0.2, 0.25) is 0 Å². The smallest absolute Gasteiger partial charge is 0.128 e. The molecule has 0 atom stereocenters. The molecule has 21 heavy (non-hydrogen) atoms. The molecule has 5 heteroatoms. The minimum atomic E-state index is 0.263. The van der Waals surface area contributed by atoms with Crippen LogP contribution >= 0.6 is 0 Å². The lowest BCUT2D eigenvalue weighted by molar-refractivity contribution is 0.271. The highest BCUT2D eigenvalue weighted by atomic mass is 16.3. The Morgan fingerprint density at radius 2 is 1.90 bits per heavy atom. The number of benzene rings is 1. The van der Waals surface area contributed by atoms with E-state index in [1.54, 1.807) is 18.3 Å². The number of piperazine rings is 1. The van der Waals surface area contributed by atoms with Gasteiger partial charge in [0.2, 0.25) is 0 Å². The summed E-state index contributed by atoms with van der Waals surface area (Å²) in [5.41, 5.74) is 0.905. The molecule has 3 rings (SSSR count). The molecule has 2 heterocycles. The molecule has 0 spiro atoms. The molecule has 5 nitrogen and oxygen atoms in total. The van der Waals surface area contributed by atoms with Crippen molar-refractivity contribution >= 4 is 12.0 Å². The van der Waals surface area contributed by atoms with Gasteiger partial charge >= 0.3 is 0 Å². The number of phenolic OH excluding ortho intramolecular Hbond substituents is 1. The molecule has 1 aliphatic heterocycles. The minimum Gasteiger partial charge on any atom is -0.508 e. The van der Waals surface area contributed by atoms with Crippen LogP contribution in [0, 0.1) is 0 Å². The molecule has 108 valence electrons. The standard InChI is InChI=1S/C16H18N4O/c21-15-5-3-4-14(12-15)13-18-20-10-8-19(9-11-20)16-6-1-2-7-17-16/h1-7,12-13,21H,8-11H2. The fourth-order valence-corrected chi connectivity index (χ4v) is 2.33. The van der Waals surface area contributed by atoms with Gasteiger partial charge in [-0.05, 0) is 29.8 Å². The number of nitrogens with zero attached hydrogens (tertiary/aromatic N) is 4. The molecule has 1 N–H and O–H groups in total. The molecule has 0 aliphatic carbocycles. The second kappa shape index (κ2) is 6.26. The number of hydrogen-bond acceptors (Lipinski definition) is 5. The van der Waals surface area contributed by atoms with Crippen LogP contribution in [-0.2, 0) is 0 Å². The Kier molecular flexibility index (Phi) is 4.00. The summed E-state index contributed by atoms with van der Waals surface area (Å²) in [4.78, 5) is 6.64. The molecule has 1 saturated heterocycles. The number of aromatic nitrogens is 1. The van der Waals surface area contributed by atoms with Gasteiger partial charge in [-0.1, -0.05) is 18.2 Å². The van der Waals surface area contributed by atoms with Crippen molar-refractivity contribution in [1.82, 2.24) is 9.99 Å². The third-order valence-corrected chi connectivity index (χ3v) is 3.47. The predicted molar refractivity (Wildman–Crippen MR) is 83.7 cm³/mol. The molecule has 1 aromatic carbocycles. The Morgan fingerprint density at radius 3 is 2.62 bits per heavy atom. The summed E-state index contributed by atoms with van der Waals surface area (Å²) in [5, 5.41) is 15.9. The van der Waals surface area contributed by atoms with Crippen molar-refractivity contribution in [1.29, 1.82) is 0 Å². The summed E-state index contributed by atoms with van der Waals surface area (Å²) in [7, 11) is 0. The number of pyridine rings is 1. The van der Waals surface area contributed by atoms with E-state index in [1.807, 2.05) is 41.5 Å². The lowest BCUT2D eigenvalue weighted by atomic mass is 10.2. The lowest BCUT2D eigenvalue weighted by Crippen LogP contribution is -2.44. The molecule has 1 fully saturated rings. The summed E-state index contributed by atoms with van der Waals surface area (Å²) in [5.74, 6) is 1.29. The fourth-order valence-electron chi connectivity index (χ4n) is 2.33. The van der Waals surface area contributed by atoms with Gasteiger partial charge in [0.25, 0.3) is 0 Å². The van der Waals surface area contributed by atoms with E-state index in [1.165, 1.54) is 0 Å². The van der Waals surface area contributed by atoms with E-state index >= 15 is 0 Å². The Bertz CT molecular complexity index is 607. The SMILES string of the molecule is Oc1cccc(C=NN2CCN(c3ccccn3)CC2)c1. The maximum absolute atomic E-state index is 9.42. The van der Waals surface area contributed by atoms with Crippen LogP contribution < -0.4 is 4.90 Å². The molecular weight excluding hydrogens is 264 g/mol. The van der Waals surface area contributed by atoms with Gasteiger partial charge in [-0.25, -0.2) is 4.98 Å². The van der Waals surface area contributed by atoms with Crippen molar-refractivity contribution in [2.45, 2.75) is 0 Å². The van der Waals surface area contributed by atoms with Crippen LogP contribution in [0.3, 0.4) is 0 Å². The van der Waals surface area contributed by atoms with Gasteiger partial charge in [0.15, 0.2) is 0 Å². The molecule has 2 aromatic rings. The number of rotatable bonds is 3. The van der Waals surface area contributed by atoms with E-state index in [9.17, 15) is 5.11 Å². The van der Waals surface area contributed by atoms with Crippen LogP contribution in [0.1, 0.15) is 5.56 Å². The van der Waals surface area contributed by atoms with Gasteiger partial charge < -0.3 is 10.0 Å². The quantitative estimate of drug-likeness (QED) is 0.874. The second-order valence-corrected chi connectivity index (χ2v) is 4.97. The number of hydrazone groups is 1. The average molecular weight is 282 g/mol. The molecular formula is C16H18N4O. The van der Waals surface area contributed by atoms with E-state index in [0.717, 1.165) is 37.6 Å². The Hall–Kier alpha value is -2.56. The highest BCUT2D eigenvalue weighted by molar-refractivity contribution is 5.79. The van der Waals surface area contributed by atoms with Crippen LogP contribution in [0.4, 0.5) is 5.82 Å². The minimum absolute atomic E-state index is 0.263. The van der Waals surface area contributed by atoms with Crippen LogP contribution in [-0.4, -0.2) is 47.5 Å². The van der Waals surface area contributed by atoms with Gasteiger partial charge in [0, 0.05) is 19.3 Å². The van der Waals surface area contributed by atoms with Crippen LogP contribution in [0.15, 0.2) is 53.8 Å². The van der Waals surface area contributed by atoms with E-state index in [4.69, 9.17) is 0 Å². The van der Waals surface area contributed by atoms with Crippen molar-refractivity contribution in [3.8, 4) is 5.75 Å². The van der Waals surface area contributed by atoms with E-state index in [-0.39, 0.29) is 5.75 Å². The zero-order valence-corrected chi connectivity index (χ0v) is 11.8. The van der Waals surface area contributed by atoms with Crippen LogP contribution in [0.25, 0.3) is 0 Å². The zero-order valence-electron chi connectivity index (χ0n) is 11.8. The van der Waals surface area contributed by atoms with Gasteiger partial charge in [0.1, 0.15) is 11.6 Å². The Balaban J connectivity index is 1.56. The normalized spacial score (nSPS) is 15.6. The van der Waals surface area contributed by atoms with E-state index in [2.05, 4.69) is 15.0 Å². The lowest BCUT2D eigenvalue weighted by Gasteiger charge is -2.33. The molecule has 1 aliphatic rings. The molecule has 1 aromatic heterocycles. The first kappa shape index (κ1) is 13.4. The summed E-state index contributed by atoms with van der Waals surface area (Å²) in [6, 6.07) is 13.1. The molecule has 0 bridgehead atoms.